The molecule has 0 radical (unpaired) electrons. The Morgan fingerprint density at radius 2 is 2.19 bits per heavy atom. The van der Waals surface area contributed by atoms with Crippen LogP contribution in [0.1, 0.15) is 36.8 Å². The van der Waals surface area contributed by atoms with Crippen molar-refractivity contribution in [2.75, 3.05) is 13.2 Å². The van der Waals surface area contributed by atoms with Crippen molar-refractivity contribution in [2.45, 2.75) is 25.9 Å². The molecule has 1 aromatic carbocycles. The van der Waals surface area contributed by atoms with Crippen molar-refractivity contribution in [3.8, 4) is 5.75 Å². The first kappa shape index (κ1) is 13.9. The number of nitrogens with zero attached hydrogens (tertiary/aromatic N) is 1. The maximum atomic E-state index is 5.66. The van der Waals surface area contributed by atoms with Gasteiger partial charge in [0.15, 0.2) is 5.76 Å². The summed E-state index contributed by atoms with van der Waals surface area (Å²) in [6.07, 6.45) is 4.18. The molecule has 2 aromatic rings. The van der Waals surface area contributed by atoms with Crippen LogP contribution in [0.15, 0.2) is 34.9 Å². The van der Waals surface area contributed by atoms with Crippen LogP contribution in [0.2, 0.25) is 0 Å². The minimum Gasteiger partial charge on any atom is -0.491 e. The molecule has 110 valence electrons. The Morgan fingerprint density at radius 3 is 2.90 bits per heavy atom. The molecule has 21 heavy (non-hydrogen) atoms. The largest absolute Gasteiger partial charge is 0.491 e. The van der Waals surface area contributed by atoms with Gasteiger partial charge >= 0.3 is 0 Å². The molecule has 4 heteroatoms. The summed E-state index contributed by atoms with van der Waals surface area (Å²) in [5, 5.41) is 4.04. The van der Waals surface area contributed by atoms with E-state index in [1.807, 2.05) is 42.5 Å². The first-order chi connectivity index (χ1) is 10.2. The molecule has 1 fully saturated rings. The van der Waals surface area contributed by atoms with Crippen molar-refractivity contribution in [1.82, 2.24) is 5.16 Å². The topological polar surface area (TPSA) is 47.8 Å². The van der Waals surface area contributed by atoms with Crippen LogP contribution in [0, 0.1) is 0 Å². The summed E-state index contributed by atoms with van der Waals surface area (Å²) in [5.74, 6) is 1.99. The minimum absolute atomic E-state index is 0.271. The van der Waals surface area contributed by atoms with Gasteiger partial charge in [-0.3, -0.25) is 0 Å². The van der Waals surface area contributed by atoms with E-state index in [0.29, 0.717) is 12.5 Å². The summed E-state index contributed by atoms with van der Waals surface area (Å²) < 4.78 is 16.1. The molecule has 0 N–H and O–H groups in total. The van der Waals surface area contributed by atoms with Crippen molar-refractivity contribution >= 4 is 12.2 Å². The Kier molecular flexibility index (Phi) is 4.06. The zero-order valence-electron chi connectivity index (χ0n) is 12.3. The number of benzene rings is 1. The summed E-state index contributed by atoms with van der Waals surface area (Å²) in [4.78, 5) is 0. The number of hydrogen-bond donors (Lipinski definition) is 0. The Bertz CT molecular complexity index is 626. The monoisotopic (exact) mass is 285 g/mol. The van der Waals surface area contributed by atoms with Crippen LogP contribution in [0.4, 0.5) is 0 Å². The van der Waals surface area contributed by atoms with Gasteiger partial charge in [-0.05, 0) is 29.7 Å². The zero-order valence-corrected chi connectivity index (χ0v) is 12.3. The van der Waals surface area contributed by atoms with E-state index in [1.54, 1.807) is 0 Å². The van der Waals surface area contributed by atoms with Gasteiger partial charge in [0, 0.05) is 6.07 Å². The van der Waals surface area contributed by atoms with Gasteiger partial charge in [-0.15, -0.1) is 0 Å². The van der Waals surface area contributed by atoms with Crippen molar-refractivity contribution < 1.29 is 14.0 Å². The predicted molar refractivity (Wildman–Crippen MR) is 81.2 cm³/mol. The number of hydrogen-bond acceptors (Lipinski definition) is 4. The smallest absolute Gasteiger partial charge is 0.159 e. The molecule has 1 aromatic heterocycles. The molecule has 2 heterocycles. The number of epoxide rings is 1. The van der Waals surface area contributed by atoms with Crippen molar-refractivity contribution in [1.29, 1.82) is 0 Å². The van der Waals surface area contributed by atoms with E-state index in [1.165, 1.54) is 0 Å². The number of aromatic nitrogens is 1. The SMILES string of the molecule is CC(C)c1cc(/C=C\c2cccc(OCC3CO3)c2)on1. The van der Waals surface area contributed by atoms with Crippen LogP contribution in [0.25, 0.3) is 12.2 Å². The lowest BCUT2D eigenvalue weighted by atomic mass is 10.1. The van der Waals surface area contributed by atoms with Crippen molar-refractivity contribution in [3.05, 3.63) is 47.3 Å². The van der Waals surface area contributed by atoms with Gasteiger partial charge in [-0.1, -0.05) is 37.2 Å². The quantitative estimate of drug-likeness (QED) is 0.758. The molecule has 0 saturated carbocycles. The molecule has 1 atom stereocenters. The summed E-state index contributed by atoms with van der Waals surface area (Å²) in [5.41, 5.74) is 2.03. The van der Waals surface area contributed by atoms with Gasteiger partial charge in [0.2, 0.25) is 0 Å². The second-order valence-electron chi connectivity index (χ2n) is 5.48. The molecule has 0 amide bonds. The van der Waals surface area contributed by atoms with Crippen LogP contribution < -0.4 is 4.74 Å². The van der Waals surface area contributed by atoms with Gasteiger partial charge in [0.05, 0.1) is 12.3 Å². The maximum absolute atomic E-state index is 5.66. The normalized spacial score (nSPS) is 17.6. The zero-order chi connectivity index (χ0) is 14.7. The average Bonchev–Trinajstić information content (AvgIpc) is 3.19. The molecule has 0 spiro atoms. The lowest BCUT2D eigenvalue weighted by molar-refractivity contribution is 0.263. The average molecular weight is 285 g/mol. The molecule has 1 unspecified atom stereocenters. The highest BCUT2D eigenvalue weighted by molar-refractivity contribution is 5.68. The number of ether oxygens (including phenoxy) is 2. The highest BCUT2D eigenvalue weighted by Gasteiger charge is 2.22. The van der Waals surface area contributed by atoms with Crippen LogP contribution in [-0.4, -0.2) is 24.5 Å². The lowest BCUT2D eigenvalue weighted by Gasteiger charge is -2.04. The van der Waals surface area contributed by atoms with E-state index >= 15 is 0 Å². The molecule has 1 saturated heterocycles. The fraction of sp³-hybridized carbons (Fsp3) is 0.353. The predicted octanol–water partition coefficient (Wildman–Crippen LogP) is 3.75. The van der Waals surface area contributed by atoms with Crippen LogP contribution in [0.3, 0.4) is 0 Å². The van der Waals surface area contributed by atoms with E-state index in [2.05, 4.69) is 19.0 Å². The van der Waals surface area contributed by atoms with E-state index in [-0.39, 0.29) is 6.10 Å². The van der Waals surface area contributed by atoms with Gasteiger partial charge in [-0.25, -0.2) is 0 Å². The second-order valence-corrected chi connectivity index (χ2v) is 5.48. The van der Waals surface area contributed by atoms with Gasteiger partial charge < -0.3 is 14.0 Å². The third kappa shape index (κ3) is 3.95. The van der Waals surface area contributed by atoms with E-state index in [9.17, 15) is 0 Å². The molecule has 0 bridgehead atoms. The molecule has 0 aliphatic carbocycles. The summed E-state index contributed by atoms with van der Waals surface area (Å²) in [6.45, 7) is 5.61. The van der Waals surface area contributed by atoms with Gasteiger partial charge in [0.1, 0.15) is 18.5 Å². The fourth-order valence-electron chi connectivity index (χ4n) is 1.89. The third-order valence-corrected chi connectivity index (χ3v) is 3.27. The Labute approximate surface area is 124 Å². The maximum Gasteiger partial charge on any atom is 0.159 e. The fourth-order valence-corrected chi connectivity index (χ4v) is 1.89. The first-order valence-corrected chi connectivity index (χ1v) is 7.20. The lowest BCUT2D eigenvalue weighted by Crippen LogP contribution is -2.03. The third-order valence-electron chi connectivity index (χ3n) is 3.27. The highest BCUT2D eigenvalue weighted by Crippen LogP contribution is 2.19. The van der Waals surface area contributed by atoms with Crippen molar-refractivity contribution in [3.63, 3.8) is 0 Å². The Hall–Kier alpha value is -2.07. The van der Waals surface area contributed by atoms with Crippen LogP contribution in [-0.2, 0) is 4.74 Å². The van der Waals surface area contributed by atoms with Crippen LogP contribution in [0.5, 0.6) is 5.75 Å². The van der Waals surface area contributed by atoms with E-state index in [4.69, 9.17) is 14.0 Å². The van der Waals surface area contributed by atoms with Gasteiger partial charge in [0.25, 0.3) is 0 Å². The van der Waals surface area contributed by atoms with E-state index < -0.39 is 0 Å². The summed E-state index contributed by atoms with van der Waals surface area (Å²) in [6, 6.07) is 9.91. The number of rotatable bonds is 6. The molecule has 4 nitrogen and oxygen atoms in total. The summed E-state index contributed by atoms with van der Waals surface area (Å²) in [7, 11) is 0. The first-order valence-electron chi connectivity index (χ1n) is 7.20. The molecule has 1 aliphatic heterocycles. The minimum atomic E-state index is 0.271. The second kappa shape index (κ2) is 6.14. The highest BCUT2D eigenvalue weighted by atomic mass is 16.6. The Morgan fingerprint density at radius 1 is 1.33 bits per heavy atom. The molecular formula is C17H19NO3. The van der Waals surface area contributed by atoms with Crippen molar-refractivity contribution in [2.24, 2.45) is 0 Å². The molecular weight excluding hydrogens is 266 g/mol. The van der Waals surface area contributed by atoms with E-state index in [0.717, 1.165) is 29.4 Å². The van der Waals surface area contributed by atoms with Crippen LogP contribution >= 0.6 is 0 Å². The molecule has 1 aliphatic rings. The Balaban J connectivity index is 1.64. The van der Waals surface area contributed by atoms with Gasteiger partial charge in [-0.2, -0.15) is 0 Å². The molecule has 3 rings (SSSR count). The standard InChI is InChI=1S/C17H19NO3/c1-12(2)17-9-15(21-18-17)7-6-13-4-3-5-14(8-13)19-10-16-11-20-16/h3-9,12,16H,10-11H2,1-2H3/b7-6-. The summed E-state index contributed by atoms with van der Waals surface area (Å²) >= 11 is 0.